The van der Waals surface area contributed by atoms with Gasteiger partial charge in [-0.2, -0.15) is 0 Å². The highest BCUT2D eigenvalue weighted by Gasteiger charge is 2.33. The lowest BCUT2D eigenvalue weighted by Gasteiger charge is -2.25. The quantitative estimate of drug-likeness (QED) is 0.336. The smallest absolute Gasteiger partial charge is 0.388 e. The summed E-state index contributed by atoms with van der Waals surface area (Å²) < 4.78 is 41.7. The zero-order valence-electron chi connectivity index (χ0n) is 13.4. The van der Waals surface area contributed by atoms with Crippen LogP contribution in [0.3, 0.4) is 0 Å². The molecule has 138 valence electrons. The van der Waals surface area contributed by atoms with Crippen LogP contribution >= 0.6 is 15.6 Å². The van der Waals surface area contributed by atoms with E-state index in [0.717, 1.165) is 0 Å². The Morgan fingerprint density at radius 2 is 1.43 bits per heavy atom. The van der Waals surface area contributed by atoms with Gasteiger partial charge in [-0.1, -0.05) is 0 Å². The van der Waals surface area contributed by atoms with Crippen LogP contribution in [0.4, 0.5) is 0 Å². The van der Waals surface area contributed by atoms with Crippen molar-refractivity contribution in [3.05, 3.63) is 0 Å². The summed E-state index contributed by atoms with van der Waals surface area (Å²) in [5.41, 5.74) is 0. The molecule has 23 heavy (non-hydrogen) atoms. The van der Waals surface area contributed by atoms with E-state index in [2.05, 4.69) is 13.6 Å². The fourth-order valence-electron chi connectivity index (χ4n) is 1.40. The fourth-order valence-corrected chi connectivity index (χ4v) is 3.49. The Labute approximate surface area is 134 Å². The van der Waals surface area contributed by atoms with Crippen molar-refractivity contribution in [3.63, 3.8) is 0 Å². The molecule has 0 rings (SSSR count). The molecule has 0 amide bonds. The van der Waals surface area contributed by atoms with Crippen LogP contribution in [0.5, 0.6) is 0 Å². The van der Waals surface area contributed by atoms with Crippen molar-refractivity contribution in [2.75, 3.05) is 6.61 Å². The standard InChI is InChI=1S/C11H24O10P2/c1-8(2)19-22(14,15)18-7-10(13)11(5-6-12)21-23(16,17)20-9(3)4/h6,8-11,13H,5,7H2,1-4H3,(H,14,15)(H,16,17). The number of carbonyl (C=O) groups is 1. The third kappa shape index (κ3) is 11.1. The van der Waals surface area contributed by atoms with Gasteiger partial charge in [-0.25, -0.2) is 9.13 Å². The first-order valence-corrected chi connectivity index (χ1v) is 9.84. The molecule has 0 aliphatic heterocycles. The van der Waals surface area contributed by atoms with Gasteiger partial charge in [0.15, 0.2) is 0 Å². The van der Waals surface area contributed by atoms with Crippen molar-refractivity contribution < 1.29 is 46.9 Å². The lowest BCUT2D eigenvalue weighted by atomic mass is 10.2. The number of hydrogen-bond donors (Lipinski definition) is 3. The van der Waals surface area contributed by atoms with Crippen LogP contribution in [0.2, 0.25) is 0 Å². The van der Waals surface area contributed by atoms with E-state index >= 15 is 0 Å². The highest BCUT2D eigenvalue weighted by Crippen LogP contribution is 2.47. The van der Waals surface area contributed by atoms with Crippen LogP contribution in [-0.4, -0.2) is 52.2 Å². The third-order valence-corrected chi connectivity index (χ3v) is 4.51. The number of aldehydes is 1. The Morgan fingerprint density at radius 3 is 1.87 bits per heavy atom. The predicted octanol–water partition coefficient (Wildman–Crippen LogP) is 1.39. The van der Waals surface area contributed by atoms with Crippen LogP contribution in [0.25, 0.3) is 0 Å². The molecule has 0 aromatic heterocycles. The van der Waals surface area contributed by atoms with Crippen LogP contribution in [0.15, 0.2) is 0 Å². The second-order valence-corrected chi connectivity index (χ2v) is 7.92. The molecule has 0 saturated heterocycles. The maximum atomic E-state index is 11.7. The third-order valence-electron chi connectivity index (χ3n) is 2.12. The summed E-state index contributed by atoms with van der Waals surface area (Å²) in [6.45, 7) is 5.25. The molecule has 0 radical (unpaired) electrons. The summed E-state index contributed by atoms with van der Waals surface area (Å²) in [5.74, 6) is 0. The molecule has 0 aliphatic carbocycles. The van der Waals surface area contributed by atoms with Crippen molar-refractivity contribution in [1.29, 1.82) is 0 Å². The molecule has 0 aliphatic rings. The molecule has 10 nitrogen and oxygen atoms in total. The summed E-state index contributed by atoms with van der Waals surface area (Å²) in [5, 5.41) is 9.85. The summed E-state index contributed by atoms with van der Waals surface area (Å²) in [6, 6.07) is 0. The number of phosphoric acid groups is 2. The first kappa shape index (κ1) is 22.9. The lowest BCUT2D eigenvalue weighted by Crippen LogP contribution is -2.33. The SMILES string of the molecule is CC(C)OP(=O)(O)OCC(O)C(CC=O)OP(=O)(O)OC(C)C. The number of carbonyl (C=O) groups excluding carboxylic acids is 1. The van der Waals surface area contributed by atoms with Crippen LogP contribution in [0.1, 0.15) is 34.1 Å². The largest absolute Gasteiger partial charge is 0.472 e. The van der Waals surface area contributed by atoms with Gasteiger partial charge in [0.1, 0.15) is 18.5 Å². The summed E-state index contributed by atoms with van der Waals surface area (Å²) >= 11 is 0. The molecular formula is C11H24O10P2. The number of phosphoric ester groups is 2. The molecule has 0 aromatic carbocycles. The molecular weight excluding hydrogens is 354 g/mol. The Kier molecular flexibility index (Phi) is 9.92. The minimum absolute atomic E-state index is 0.354. The average Bonchev–Trinajstić information content (AvgIpc) is 2.32. The Morgan fingerprint density at radius 1 is 0.957 bits per heavy atom. The Balaban J connectivity index is 4.74. The van der Waals surface area contributed by atoms with Crippen LogP contribution < -0.4 is 0 Å². The highest BCUT2D eigenvalue weighted by atomic mass is 31.2. The Bertz CT molecular complexity index is 452. The molecule has 0 heterocycles. The number of rotatable bonds is 12. The Hall–Kier alpha value is -0.150. The molecule has 0 bridgehead atoms. The molecule has 4 unspecified atom stereocenters. The first-order chi connectivity index (χ1) is 10.4. The van der Waals surface area contributed by atoms with Gasteiger partial charge in [-0.05, 0) is 27.7 Å². The average molecular weight is 378 g/mol. The van der Waals surface area contributed by atoms with E-state index in [1.54, 1.807) is 0 Å². The van der Waals surface area contributed by atoms with Gasteiger partial charge in [0.05, 0.1) is 18.8 Å². The van der Waals surface area contributed by atoms with Gasteiger partial charge in [0.25, 0.3) is 0 Å². The maximum Gasteiger partial charge on any atom is 0.472 e. The normalized spacial score (nSPS) is 20.0. The second kappa shape index (κ2) is 9.98. The van der Waals surface area contributed by atoms with Gasteiger partial charge in [-0.15, -0.1) is 0 Å². The predicted molar refractivity (Wildman–Crippen MR) is 79.6 cm³/mol. The van der Waals surface area contributed by atoms with Crippen molar-refractivity contribution in [3.8, 4) is 0 Å². The molecule has 0 saturated carbocycles. The van der Waals surface area contributed by atoms with E-state index in [9.17, 15) is 28.8 Å². The van der Waals surface area contributed by atoms with Crippen LogP contribution in [-0.2, 0) is 32.0 Å². The van der Waals surface area contributed by atoms with Gasteiger partial charge in [0, 0.05) is 6.42 Å². The van der Waals surface area contributed by atoms with Crippen molar-refractivity contribution in [2.24, 2.45) is 0 Å². The van der Waals surface area contributed by atoms with E-state index in [-0.39, 0.29) is 0 Å². The molecule has 3 N–H and O–H groups in total. The van der Waals surface area contributed by atoms with E-state index in [1.165, 1.54) is 27.7 Å². The molecule has 12 heteroatoms. The minimum Gasteiger partial charge on any atom is -0.388 e. The van der Waals surface area contributed by atoms with Crippen molar-refractivity contribution in [1.82, 2.24) is 0 Å². The van der Waals surface area contributed by atoms with E-state index < -0.39 is 53.1 Å². The van der Waals surface area contributed by atoms with Gasteiger partial charge in [-0.3, -0.25) is 18.1 Å². The molecule has 4 atom stereocenters. The summed E-state index contributed by atoms with van der Waals surface area (Å²) in [7, 11) is -8.91. The molecule has 0 fully saturated rings. The number of aliphatic hydroxyl groups is 1. The second-order valence-electron chi connectivity index (χ2n) is 5.15. The summed E-state index contributed by atoms with van der Waals surface area (Å²) in [4.78, 5) is 29.5. The fraction of sp³-hybridized carbons (Fsp3) is 0.909. The highest BCUT2D eigenvalue weighted by molar-refractivity contribution is 7.47. The first-order valence-electron chi connectivity index (χ1n) is 6.85. The van der Waals surface area contributed by atoms with Crippen molar-refractivity contribution in [2.45, 2.75) is 58.5 Å². The van der Waals surface area contributed by atoms with Gasteiger partial charge < -0.3 is 19.7 Å². The van der Waals surface area contributed by atoms with E-state index in [4.69, 9.17) is 4.52 Å². The van der Waals surface area contributed by atoms with E-state index in [0.29, 0.717) is 6.29 Å². The number of aliphatic hydroxyl groups excluding tert-OH is 1. The minimum atomic E-state index is -4.51. The monoisotopic (exact) mass is 378 g/mol. The zero-order valence-corrected chi connectivity index (χ0v) is 15.2. The van der Waals surface area contributed by atoms with Crippen LogP contribution in [0, 0.1) is 0 Å². The number of hydrogen-bond acceptors (Lipinski definition) is 8. The topological polar surface area (TPSA) is 149 Å². The van der Waals surface area contributed by atoms with E-state index in [1.807, 2.05) is 0 Å². The zero-order chi connectivity index (χ0) is 18.3. The lowest BCUT2D eigenvalue weighted by molar-refractivity contribution is -0.111. The maximum absolute atomic E-state index is 11.7. The van der Waals surface area contributed by atoms with Gasteiger partial charge in [0.2, 0.25) is 0 Å². The van der Waals surface area contributed by atoms with Crippen molar-refractivity contribution >= 4 is 21.9 Å². The summed E-state index contributed by atoms with van der Waals surface area (Å²) in [6.07, 6.45) is -4.41. The molecule has 0 aromatic rings. The van der Waals surface area contributed by atoms with Gasteiger partial charge >= 0.3 is 15.6 Å². The molecule has 0 spiro atoms.